The van der Waals surface area contributed by atoms with Gasteiger partial charge in [0.25, 0.3) is 0 Å². The van der Waals surface area contributed by atoms with E-state index in [-0.39, 0.29) is 6.04 Å². The molecule has 0 aliphatic heterocycles. The van der Waals surface area contributed by atoms with E-state index in [9.17, 15) is 13.2 Å². The molecule has 0 aliphatic rings. The standard InChI is InChI=1S/C12H12F3N5O/c1-8(11-16-5-2-6-17-11)18-7-9-3-4-10(20-19-9)21-12(13,14)15/h2-6,8,18H,7H2,1H3. The number of hydrogen-bond acceptors (Lipinski definition) is 6. The van der Waals surface area contributed by atoms with Crippen LogP contribution in [-0.4, -0.2) is 26.5 Å². The largest absolute Gasteiger partial charge is 0.574 e. The number of hydrogen-bond donors (Lipinski definition) is 1. The van der Waals surface area contributed by atoms with Crippen molar-refractivity contribution in [2.75, 3.05) is 0 Å². The van der Waals surface area contributed by atoms with E-state index in [2.05, 4.69) is 30.2 Å². The Morgan fingerprint density at radius 2 is 1.90 bits per heavy atom. The summed E-state index contributed by atoms with van der Waals surface area (Å²) >= 11 is 0. The molecular formula is C12H12F3N5O. The molecule has 2 aromatic heterocycles. The van der Waals surface area contributed by atoms with Crippen molar-refractivity contribution in [2.24, 2.45) is 0 Å². The van der Waals surface area contributed by atoms with Gasteiger partial charge in [0.2, 0.25) is 5.88 Å². The molecule has 0 amide bonds. The topological polar surface area (TPSA) is 72.8 Å². The van der Waals surface area contributed by atoms with Crippen LogP contribution in [0.1, 0.15) is 24.5 Å². The molecule has 6 nitrogen and oxygen atoms in total. The second-order valence-corrected chi connectivity index (χ2v) is 4.12. The number of rotatable bonds is 5. The molecule has 1 unspecified atom stereocenters. The third kappa shape index (κ3) is 4.95. The van der Waals surface area contributed by atoms with Crippen LogP contribution in [0.5, 0.6) is 5.88 Å². The maximum atomic E-state index is 12.0. The molecule has 0 aliphatic carbocycles. The molecule has 1 atom stereocenters. The Hall–Kier alpha value is -2.29. The summed E-state index contributed by atoms with van der Waals surface area (Å²) in [5.41, 5.74) is 0.479. The predicted octanol–water partition coefficient (Wildman–Crippen LogP) is 2.02. The fraction of sp³-hybridized carbons (Fsp3) is 0.333. The van der Waals surface area contributed by atoms with Gasteiger partial charge >= 0.3 is 6.36 Å². The summed E-state index contributed by atoms with van der Waals surface area (Å²) in [4.78, 5) is 8.18. The Bertz CT molecular complexity index is 561. The molecule has 0 saturated heterocycles. The smallest absolute Gasteiger partial charge is 0.386 e. The van der Waals surface area contributed by atoms with Crippen molar-refractivity contribution < 1.29 is 17.9 Å². The van der Waals surface area contributed by atoms with Crippen molar-refractivity contribution in [3.63, 3.8) is 0 Å². The summed E-state index contributed by atoms with van der Waals surface area (Å²) in [7, 11) is 0. The van der Waals surface area contributed by atoms with Crippen LogP contribution in [0.4, 0.5) is 13.2 Å². The van der Waals surface area contributed by atoms with Crippen molar-refractivity contribution in [1.29, 1.82) is 0 Å². The molecular weight excluding hydrogens is 287 g/mol. The van der Waals surface area contributed by atoms with Crippen LogP contribution >= 0.6 is 0 Å². The van der Waals surface area contributed by atoms with Gasteiger partial charge in [-0.15, -0.1) is 18.3 Å². The highest BCUT2D eigenvalue weighted by molar-refractivity contribution is 5.11. The Morgan fingerprint density at radius 1 is 1.19 bits per heavy atom. The molecule has 2 rings (SSSR count). The Labute approximate surface area is 118 Å². The molecule has 21 heavy (non-hydrogen) atoms. The van der Waals surface area contributed by atoms with E-state index in [1.807, 2.05) is 6.92 Å². The monoisotopic (exact) mass is 299 g/mol. The lowest BCUT2D eigenvalue weighted by atomic mass is 10.3. The minimum atomic E-state index is -4.77. The zero-order chi connectivity index (χ0) is 15.3. The molecule has 0 bridgehead atoms. The Kier molecular flexibility index (Phi) is 4.63. The van der Waals surface area contributed by atoms with Gasteiger partial charge in [0.05, 0.1) is 11.7 Å². The third-order valence-corrected chi connectivity index (χ3v) is 2.48. The van der Waals surface area contributed by atoms with Crippen molar-refractivity contribution in [3.05, 3.63) is 42.1 Å². The first-order chi connectivity index (χ1) is 9.94. The number of ether oxygens (including phenoxy) is 1. The predicted molar refractivity (Wildman–Crippen MR) is 66.0 cm³/mol. The van der Waals surface area contributed by atoms with Crippen LogP contribution in [0.15, 0.2) is 30.6 Å². The van der Waals surface area contributed by atoms with Crippen molar-refractivity contribution in [1.82, 2.24) is 25.5 Å². The molecule has 2 heterocycles. The zero-order valence-electron chi connectivity index (χ0n) is 11.0. The fourth-order valence-electron chi connectivity index (χ4n) is 1.50. The van der Waals surface area contributed by atoms with E-state index in [4.69, 9.17) is 0 Å². The quantitative estimate of drug-likeness (QED) is 0.910. The number of alkyl halides is 3. The van der Waals surface area contributed by atoms with E-state index in [0.717, 1.165) is 6.07 Å². The summed E-state index contributed by atoms with van der Waals surface area (Å²) in [5, 5.41) is 10.1. The minimum Gasteiger partial charge on any atom is -0.386 e. The molecule has 9 heteroatoms. The molecule has 0 fully saturated rings. The minimum absolute atomic E-state index is 0.126. The van der Waals surface area contributed by atoms with Gasteiger partial charge in [0, 0.05) is 25.0 Å². The van der Waals surface area contributed by atoms with E-state index >= 15 is 0 Å². The van der Waals surface area contributed by atoms with Crippen molar-refractivity contribution in [2.45, 2.75) is 25.9 Å². The summed E-state index contributed by atoms with van der Waals surface area (Å²) in [5.74, 6) is 0.0215. The van der Waals surface area contributed by atoms with Gasteiger partial charge in [-0.05, 0) is 19.1 Å². The van der Waals surface area contributed by atoms with E-state index in [1.54, 1.807) is 18.5 Å². The zero-order valence-corrected chi connectivity index (χ0v) is 11.0. The molecule has 2 aromatic rings. The number of nitrogens with one attached hydrogen (secondary N) is 1. The lowest BCUT2D eigenvalue weighted by Crippen LogP contribution is -2.21. The SMILES string of the molecule is CC(NCc1ccc(OC(F)(F)F)nn1)c1ncccn1. The van der Waals surface area contributed by atoms with Crippen LogP contribution in [0.3, 0.4) is 0 Å². The van der Waals surface area contributed by atoms with Crippen LogP contribution in [0.25, 0.3) is 0 Å². The normalized spacial score (nSPS) is 13.0. The van der Waals surface area contributed by atoms with Gasteiger partial charge < -0.3 is 10.1 Å². The van der Waals surface area contributed by atoms with E-state index < -0.39 is 12.2 Å². The second-order valence-electron chi connectivity index (χ2n) is 4.12. The van der Waals surface area contributed by atoms with Gasteiger partial charge in [0.1, 0.15) is 5.82 Å². The van der Waals surface area contributed by atoms with Crippen LogP contribution in [0.2, 0.25) is 0 Å². The van der Waals surface area contributed by atoms with Gasteiger partial charge in [-0.25, -0.2) is 9.97 Å². The van der Waals surface area contributed by atoms with E-state index in [1.165, 1.54) is 6.07 Å². The summed E-state index contributed by atoms with van der Waals surface area (Å²) < 4.78 is 39.5. The highest BCUT2D eigenvalue weighted by atomic mass is 19.4. The highest BCUT2D eigenvalue weighted by Gasteiger charge is 2.31. The summed E-state index contributed by atoms with van der Waals surface area (Å²) in [6.45, 7) is 2.18. The summed E-state index contributed by atoms with van der Waals surface area (Å²) in [6.07, 6.45) is -1.51. The molecule has 112 valence electrons. The van der Waals surface area contributed by atoms with Crippen LogP contribution in [-0.2, 0) is 6.54 Å². The highest BCUT2D eigenvalue weighted by Crippen LogP contribution is 2.19. The van der Waals surface area contributed by atoms with E-state index in [0.29, 0.717) is 18.1 Å². The Balaban J connectivity index is 1.89. The second kappa shape index (κ2) is 6.44. The molecule has 0 saturated carbocycles. The maximum Gasteiger partial charge on any atom is 0.574 e. The molecule has 0 radical (unpaired) electrons. The average molecular weight is 299 g/mol. The van der Waals surface area contributed by atoms with Gasteiger partial charge in [-0.1, -0.05) is 0 Å². The van der Waals surface area contributed by atoms with Gasteiger partial charge in [-0.3, -0.25) is 0 Å². The Morgan fingerprint density at radius 3 is 2.48 bits per heavy atom. The average Bonchev–Trinajstić information content (AvgIpc) is 2.45. The fourth-order valence-corrected chi connectivity index (χ4v) is 1.50. The summed E-state index contributed by atoms with van der Waals surface area (Å²) in [6, 6.07) is 4.10. The van der Waals surface area contributed by atoms with Gasteiger partial charge in [0.15, 0.2) is 0 Å². The lowest BCUT2D eigenvalue weighted by Gasteiger charge is -2.11. The van der Waals surface area contributed by atoms with Crippen molar-refractivity contribution in [3.8, 4) is 5.88 Å². The third-order valence-electron chi connectivity index (χ3n) is 2.48. The first kappa shape index (κ1) is 15.1. The molecule has 0 spiro atoms. The van der Waals surface area contributed by atoms with Crippen LogP contribution in [0, 0.1) is 0 Å². The number of nitrogens with zero attached hydrogens (tertiary/aromatic N) is 4. The van der Waals surface area contributed by atoms with Gasteiger partial charge in [-0.2, -0.15) is 5.10 Å². The number of halogens is 3. The first-order valence-electron chi connectivity index (χ1n) is 6.03. The first-order valence-corrected chi connectivity index (χ1v) is 6.03. The van der Waals surface area contributed by atoms with Crippen LogP contribution < -0.4 is 10.1 Å². The lowest BCUT2D eigenvalue weighted by molar-refractivity contribution is -0.276. The maximum absolute atomic E-state index is 12.0. The van der Waals surface area contributed by atoms with Crippen molar-refractivity contribution >= 4 is 0 Å². The molecule has 1 N–H and O–H groups in total. The number of aromatic nitrogens is 4. The molecule has 0 aromatic carbocycles.